The summed E-state index contributed by atoms with van der Waals surface area (Å²) in [7, 11) is -0.862. The SMILES string of the molecule is COc1ccc(C(OC[C@H]2O[C@@H](n3ccc(=O)[nH]c3=O)[C@H](OCc3ccc4ccc5ccc(C)c6ccc3c4c56)[C@@H]2O[PH](O)(CCC#N)N(C(C)C)C(C)C)(c2ccccc2)c2ccc(OC)cc2)cc1. The van der Waals surface area contributed by atoms with Crippen LogP contribution in [0, 0.1) is 18.3 Å². The molecule has 0 bridgehead atoms. The molecule has 2 N–H and O–H groups in total. The van der Waals surface area contributed by atoms with Crippen LogP contribution in [0.2, 0.25) is 0 Å². The quantitative estimate of drug-likeness (QED) is 0.0452. The van der Waals surface area contributed by atoms with Gasteiger partial charge in [0.15, 0.2) is 0 Å². The van der Waals surface area contributed by atoms with Crippen LogP contribution < -0.4 is 20.7 Å². The number of nitrogens with zero attached hydrogens (tertiary/aromatic N) is 3. The Kier molecular flexibility index (Phi) is 14.4. The van der Waals surface area contributed by atoms with E-state index < -0.39 is 49.3 Å². The van der Waals surface area contributed by atoms with Gasteiger partial charge in [-0.1, -0.05) is 0 Å². The molecule has 13 nitrogen and oxygen atoms in total. The molecule has 0 saturated carbocycles. The van der Waals surface area contributed by atoms with Gasteiger partial charge in [-0.3, -0.25) is 0 Å². The van der Waals surface area contributed by atoms with Gasteiger partial charge in [-0.2, -0.15) is 0 Å². The monoisotopic (exact) mass is 976 g/mol. The zero-order valence-electron chi connectivity index (χ0n) is 41.1. The predicted octanol–water partition coefficient (Wildman–Crippen LogP) is 10.2. The summed E-state index contributed by atoms with van der Waals surface area (Å²) in [5.74, 6) is 1.32. The van der Waals surface area contributed by atoms with Gasteiger partial charge in [-0.15, -0.1) is 0 Å². The number of nitriles is 1. The third-order valence-corrected chi connectivity index (χ3v) is 17.2. The number of hydrogen-bond donors (Lipinski definition) is 2. The van der Waals surface area contributed by atoms with E-state index in [-0.39, 0.29) is 37.9 Å². The number of ether oxygens (including phenoxy) is 5. The number of aromatic amines is 1. The van der Waals surface area contributed by atoms with Gasteiger partial charge in [0.25, 0.3) is 0 Å². The molecule has 0 unspecified atom stereocenters. The van der Waals surface area contributed by atoms with Crippen molar-refractivity contribution in [2.75, 3.05) is 27.0 Å². The van der Waals surface area contributed by atoms with E-state index in [1.165, 1.54) is 33.2 Å². The van der Waals surface area contributed by atoms with E-state index in [2.05, 4.69) is 66.5 Å². The summed E-state index contributed by atoms with van der Waals surface area (Å²) in [6, 6.07) is 45.4. The van der Waals surface area contributed by atoms with Gasteiger partial charge < -0.3 is 0 Å². The standard InChI is InChI=1S/C57H61N4O9P/c1-36(2)61(37(3)4)71(64,33-11-31-58)70-53-49(35-68-57(42-12-9-8-10-13-42,43-20-24-45(65-6)25-21-43)44-22-26-46(66-7)27-23-44)69-55(60-32-30-50(62)59-56(60)63)54(53)67-34-41-19-18-40-17-16-39-15-14-38(5)47-28-29-48(41)52(40)51(39)47/h8-10,12-30,32,36-37,49,53-55,64,71H,11,33-35H2,1-7H3,(H,59,62,63)/t49-,53-,54-,55-/m1/s1. The average molecular weight is 977 g/mol. The van der Waals surface area contributed by atoms with Crippen molar-refractivity contribution in [1.29, 1.82) is 5.26 Å². The predicted molar refractivity (Wildman–Crippen MR) is 280 cm³/mol. The summed E-state index contributed by atoms with van der Waals surface area (Å²) in [5, 5.41) is 16.7. The fraction of sp³-hybridized carbons (Fsp3) is 0.316. The Morgan fingerprint density at radius 3 is 1.93 bits per heavy atom. The summed E-state index contributed by atoms with van der Waals surface area (Å²) >= 11 is 0. The van der Waals surface area contributed by atoms with E-state index in [1.54, 1.807) is 14.2 Å². The van der Waals surface area contributed by atoms with Crippen LogP contribution in [0.25, 0.3) is 32.3 Å². The minimum absolute atomic E-state index is 0.0238. The Morgan fingerprint density at radius 1 is 0.761 bits per heavy atom. The number of benzene rings is 7. The van der Waals surface area contributed by atoms with Gasteiger partial charge >= 0.3 is 416 Å². The second-order valence-corrected chi connectivity index (χ2v) is 21.5. The second-order valence-electron chi connectivity index (χ2n) is 18.8. The van der Waals surface area contributed by atoms with Crippen LogP contribution in [-0.2, 0) is 30.9 Å². The second kappa shape index (κ2) is 20.7. The molecule has 14 heteroatoms. The van der Waals surface area contributed by atoms with Crippen molar-refractivity contribution in [2.24, 2.45) is 0 Å². The van der Waals surface area contributed by atoms with Crippen LogP contribution in [0.4, 0.5) is 0 Å². The van der Waals surface area contributed by atoms with Crippen molar-refractivity contribution in [3.63, 3.8) is 0 Å². The van der Waals surface area contributed by atoms with Crippen molar-refractivity contribution < 1.29 is 33.1 Å². The average Bonchev–Trinajstić information content (AvgIpc) is 3.70. The van der Waals surface area contributed by atoms with Crippen LogP contribution >= 0.6 is 7.87 Å². The van der Waals surface area contributed by atoms with E-state index in [1.807, 2.05) is 111 Å². The van der Waals surface area contributed by atoms with Gasteiger partial charge in [0.05, 0.1) is 0 Å². The molecule has 0 amide bonds. The molecule has 0 spiro atoms. The topological polar surface area (TPSA) is 158 Å². The molecule has 8 aromatic rings. The number of rotatable bonds is 19. The molecule has 1 saturated heterocycles. The van der Waals surface area contributed by atoms with Crippen LogP contribution in [0.3, 0.4) is 0 Å². The fourth-order valence-corrected chi connectivity index (χ4v) is 14.0. The first-order chi connectivity index (χ1) is 34.3. The molecule has 9 rings (SSSR count). The molecule has 0 aliphatic carbocycles. The molecular weight excluding hydrogens is 916 g/mol. The van der Waals surface area contributed by atoms with Crippen molar-refractivity contribution in [3.05, 3.63) is 188 Å². The Morgan fingerprint density at radius 2 is 1.34 bits per heavy atom. The van der Waals surface area contributed by atoms with E-state index in [9.17, 15) is 19.7 Å². The first-order valence-corrected chi connectivity index (χ1v) is 26.1. The normalized spacial score (nSPS) is 17.8. The van der Waals surface area contributed by atoms with Crippen LogP contribution in [0.15, 0.2) is 149 Å². The molecule has 71 heavy (non-hydrogen) atoms. The van der Waals surface area contributed by atoms with Gasteiger partial charge in [0.1, 0.15) is 0 Å². The zero-order valence-corrected chi connectivity index (χ0v) is 42.1. The van der Waals surface area contributed by atoms with E-state index in [0.717, 1.165) is 43.8 Å². The Bertz CT molecular complexity index is 3230. The van der Waals surface area contributed by atoms with Crippen LogP contribution in [0.5, 0.6) is 11.5 Å². The van der Waals surface area contributed by atoms with Gasteiger partial charge in [0.2, 0.25) is 0 Å². The van der Waals surface area contributed by atoms with Gasteiger partial charge in [-0.05, 0) is 0 Å². The van der Waals surface area contributed by atoms with Crippen LogP contribution in [-0.4, -0.2) is 76.5 Å². The molecule has 1 aromatic heterocycles. The minimum atomic E-state index is -4.09. The molecule has 7 aromatic carbocycles. The summed E-state index contributed by atoms with van der Waals surface area (Å²) in [4.78, 5) is 42.1. The van der Waals surface area contributed by atoms with Gasteiger partial charge in [0, 0.05) is 0 Å². The van der Waals surface area contributed by atoms with Crippen molar-refractivity contribution in [3.8, 4) is 17.6 Å². The van der Waals surface area contributed by atoms with Crippen molar-refractivity contribution in [2.45, 2.75) is 89.9 Å². The molecule has 368 valence electrons. The van der Waals surface area contributed by atoms with E-state index in [4.69, 9.17) is 28.2 Å². The summed E-state index contributed by atoms with van der Waals surface area (Å²) in [6.45, 7) is 9.98. The number of aromatic nitrogens is 2. The fourth-order valence-electron chi connectivity index (χ4n) is 10.7. The summed E-state index contributed by atoms with van der Waals surface area (Å²) in [6.07, 6.45) is -2.92. The molecule has 1 aliphatic heterocycles. The molecule has 1 aliphatic rings. The maximum atomic E-state index is 13.9. The number of hydrogen-bond acceptors (Lipinski definition) is 11. The Labute approximate surface area is 414 Å². The number of nitrogens with one attached hydrogen (secondary N) is 1. The molecule has 2 heterocycles. The first kappa shape index (κ1) is 49.5. The Balaban J connectivity index is 1.21. The maximum absolute atomic E-state index is 13.9. The molecule has 4 atom stereocenters. The van der Waals surface area contributed by atoms with Gasteiger partial charge in [-0.25, -0.2) is 0 Å². The van der Waals surface area contributed by atoms with Crippen LogP contribution in [0.1, 0.15) is 68.2 Å². The number of H-pyrrole nitrogens is 1. The molecule has 0 radical (unpaired) electrons. The number of methoxy groups -OCH3 is 2. The van der Waals surface area contributed by atoms with E-state index >= 15 is 0 Å². The van der Waals surface area contributed by atoms with Crippen molar-refractivity contribution >= 4 is 40.2 Å². The Hall–Kier alpha value is -6.46. The molecular formula is C57H61N4O9P. The third-order valence-electron chi connectivity index (χ3n) is 13.9. The summed E-state index contributed by atoms with van der Waals surface area (Å²) in [5.41, 5.74) is 1.86. The molecule has 1 fully saturated rings. The first-order valence-electron chi connectivity index (χ1n) is 24.1. The zero-order chi connectivity index (χ0) is 50.0. The number of aryl methyl sites for hydroxylation is 1. The third kappa shape index (κ3) is 9.45. The summed E-state index contributed by atoms with van der Waals surface area (Å²) < 4.78 is 43.4. The van der Waals surface area contributed by atoms with Crippen molar-refractivity contribution in [1.82, 2.24) is 14.2 Å². The van der Waals surface area contributed by atoms with E-state index in [0.29, 0.717) is 11.5 Å².